The van der Waals surface area contributed by atoms with E-state index in [9.17, 15) is 4.79 Å². The zero-order valence-corrected chi connectivity index (χ0v) is 19.3. The highest BCUT2D eigenvalue weighted by atomic mass is 16.5. The second kappa shape index (κ2) is 13.8. The van der Waals surface area contributed by atoms with Crippen molar-refractivity contribution in [3.63, 3.8) is 0 Å². The maximum absolute atomic E-state index is 12.6. The molecule has 1 amide bonds. The quantitative estimate of drug-likeness (QED) is 0.278. The lowest BCUT2D eigenvalue weighted by Gasteiger charge is -2.11. The van der Waals surface area contributed by atoms with Gasteiger partial charge in [-0.2, -0.15) is 0 Å². The molecule has 0 aliphatic rings. The number of carbonyl (C=O) groups excluding carboxylic acids is 1. The summed E-state index contributed by atoms with van der Waals surface area (Å²) in [5.41, 5.74) is 1.25. The Morgan fingerprint density at radius 1 is 0.667 bits per heavy atom. The lowest BCUT2D eigenvalue weighted by molar-refractivity contribution is 0.102. The third-order valence-electron chi connectivity index (χ3n) is 5.09. The molecule has 0 atom stereocenters. The summed E-state index contributed by atoms with van der Waals surface area (Å²) >= 11 is 0. The molecule has 0 saturated heterocycles. The molecule has 1 N–H and O–H groups in total. The van der Waals surface area contributed by atoms with E-state index in [-0.39, 0.29) is 5.91 Å². The van der Waals surface area contributed by atoms with E-state index >= 15 is 0 Å². The van der Waals surface area contributed by atoms with Crippen LogP contribution in [-0.4, -0.2) is 25.7 Å². The number of rotatable bonds is 14. The number of nitrogens with one attached hydrogen (secondary N) is 1. The highest BCUT2D eigenvalue weighted by Gasteiger charge is 2.07. The van der Waals surface area contributed by atoms with Crippen molar-refractivity contribution in [2.75, 3.05) is 25.1 Å². The average molecular weight is 448 g/mol. The zero-order chi connectivity index (χ0) is 23.1. The maximum atomic E-state index is 12.6. The van der Waals surface area contributed by atoms with E-state index in [0.29, 0.717) is 36.8 Å². The summed E-state index contributed by atoms with van der Waals surface area (Å²) < 4.78 is 17.1. The van der Waals surface area contributed by atoms with Gasteiger partial charge in [0, 0.05) is 17.3 Å². The topological polar surface area (TPSA) is 56.8 Å². The molecule has 3 aromatic carbocycles. The van der Waals surface area contributed by atoms with E-state index in [1.807, 2.05) is 60.7 Å². The Labute approximate surface area is 196 Å². The monoisotopic (exact) mass is 447 g/mol. The van der Waals surface area contributed by atoms with Crippen LogP contribution in [0.15, 0.2) is 78.9 Å². The molecule has 3 rings (SSSR count). The van der Waals surface area contributed by atoms with Gasteiger partial charge in [-0.05, 0) is 55.0 Å². The first-order chi connectivity index (χ1) is 16.2. The lowest BCUT2D eigenvalue weighted by Crippen LogP contribution is -2.12. The number of anilines is 1. The van der Waals surface area contributed by atoms with E-state index in [0.717, 1.165) is 17.9 Å². The molecule has 3 aromatic rings. The van der Waals surface area contributed by atoms with E-state index in [1.54, 1.807) is 18.2 Å². The summed E-state index contributed by atoms with van der Waals surface area (Å²) in [7, 11) is 0. The Morgan fingerprint density at radius 2 is 1.30 bits per heavy atom. The molecular formula is C28H33NO4. The maximum Gasteiger partial charge on any atom is 0.255 e. The zero-order valence-electron chi connectivity index (χ0n) is 19.3. The van der Waals surface area contributed by atoms with Crippen LogP contribution in [0, 0.1) is 0 Å². The highest BCUT2D eigenvalue weighted by Crippen LogP contribution is 2.19. The third kappa shape index (κ3) is 8.89. The Balaban J connectivity index is 1.41. The summed E-state index contributed by atoms with van der Waals surface area (Å²) in [6, 6.07) is 24.2. The first-order valence-electron chi connectivity index (χ1n) is 11.7. The average Bonchev–Trinajstić information content (AvgIpc) is 2.85. The van der Waals surface area contributed by atoms with Gasteiger partial charge in [0.15, 0.2) is 0 Å². The van der Waals surface area contributed by atoms with E-state index < -0.39 is 0 Å². The van der Waals surface area contributed by atoms with Crippen molar-refractivity contribution in [3.05, 3.63) is 84.4 Å². The second-order valence-corrected chi connectivity index (χ2v) is 7.78. The fourth-order valence-corrected chi connectivity index (χ4v) is 3.30. The Morgan fingerprint density at radius 3 is 2.06 bits per heavy atom. The van der Waals surface area contributed by atoms with Gasteiger partial charge in [0.05, 0.1) is 6.61 Å². The van der Waals surface area contributed by atoms with Crippen LogP contribution in [0.5, 0.6) is 17.2 Å². The summed E-state index contributed by atoms with van der Waals surface area (Å²) in [6.45, 7) is 3.76. The van der Waals surface area contributed by atoms with E-state index in [1.165, 1.54) is 25.7 Å². The van der Waals surface area contributed by atoms with Gasteiger partial charge in [-0.3, -0.25) is 4.79 Å². The minimum absolute atomic E-state index is 0.175. The number of unbranched alkanes of at least 4 members (excludes halogenated alkanes) is 4. The minimum atomic E-state index is -0.175. The molecule has 33 heavy (non-hydrogen) atoms. The summed E-state index contributed by atoms with van der Waals surface area (Å²) in [5, 5.41) is 2.92. The normalized spacial score (nSPS) is 10.5. The molecule has 0 spiro atoms. The van der Waals surface area contributed by atoms with Crippen LogP contribution in [0.25, 0.3) is 0 Å². The van der Waals surface area contributed by atoms with Gasteiger partial charge >= 0.3 is 0 Å². The van der Waals surface area contributed by atoms with Crippen LogP contribution in [0.1, 0.15) is 49.4 Å². The van der Waals surface area contributed by atoms with Gasteiger partial charge in [0.25, 0.3) is 5.91 Å². The number of hydrogen-bond donors (Lipinski definition) is 1. The molecule has 5 nitrogen and oxygen atoms in total. The van der Waals surface area contributed by atoms with E-state index in [4.69, 9.17) is 14.2 Å². The largest absolute Gasteiger partial charge is 0.494 e. The van der Waals surface area contributed by atoms with Crippen LogP contribution < -0.4 is 19.5 Å². The number of amides is 1. The smallest absolute Gasteiger partial charge is 0.255 e. The van der Waals surface area contributed by atoms with Crippen LogP contribution >= 0.6 is 0 Å². The third-order valence-corrected chi connectivity index (χ3v) is 5.09. The fourth-order valence-electron chi connectivity index (χ4n) is 3.30. The van der Waals surface area contributed by atoms with Crippen molar-refractivity contribution in [2.24, 2.45) is 0 Å². The van der Waals surface area contributed by atoms with Crippen molar-refractivity contribution in [1.82, 2.24) is 0 Å². The SMILES string of the molecule is CCCCCCCOc1ccc(C(=O)Nc2cccc(OCCOc3ccccc3)c2)cc1. The van der Waals surface area contributed by atoms with Crippen LogP contribution in [0.4, 0.5) is 5.69 Å². The number of hydrogen-bond acceptors (Lipinski definition) is 4. The van der Waals surface area contributed by atoms with Crippen LogP contribution in [0.3, 0.4) is 0 Å². The first-order valence-corrected chi connectivity index (χ1v) is 11.7. The Hall–Kier alpha value is -3.47. The fraction of sp³-hybridized carbons (Fsp3) is 0.321. The molecule has 0 saturated carbocycles. The van der Waals surface area contributed by atoms with Gasteiger partial charge in [0.2, 0.25) is 0 Å². The number of ether oxygens (including phenoxy) is 3. The van der Waals surface area contributed by atoms with Crippen LogP contribution in [-0.2, 0) is 0 Å². The first kappa shape index (κ1) is 24.2. The second-order valence-electron chi connectivity index (χ2n) is 7.78. The summed E-state index contributed by atoms with van der Waals surface area (Å²) in [4.78, 5) is 12.6. The van der Waals surface area contributed by atoms with Gasteiger partial charge in [0.1, 0.15) is 30.5 Å². The molecule has 0 radical (unpaired) electrons. The summed E-state index contributed by atoms with van der Waals surface area (Å²) in [5.74, 6) is 2.10. The molecule has 0 fully saturated rings. The predicted molar refractivity (Wildman–Crippen MR) is 133 cm³/mol. The molecular weight excluding hydrogens is 414 g/mol. The van der Waals surface area contributed by atoms with Gasteiger partial charge < -0.3 is 19.5 Å². The van der Waals surface area contributed by atoms with Gasteiger partial charge in [-0.1, -0.05) is 56.9 Å². The predicted octanol–water partition coefficient (Wildman–Crippen LogP) is 6.75. The van der Waals surface area contributed by atoms with Crippen molar-refractivity contribution in [2.45, 2.75) is 39.0 Å². The van der Waals surface area contributed by atoms with Gasteiger partial charge in [-0.25, -0.2) is 0 Å². The molecule has 5 heteroatoms. The Kier molecular flexibility index (Phi) is 10.1. The highest BCUT2D eigenvalue weighted by molar-refractivity contribution is 6.04. The van der Waals surface area contributed by atoms with Crippen molar-refractivity contribution >= 4 is 11.6 Å². The molecule has 0 bridgehead atoms. The van der Waals surface area contributed by atoms with Crippen molar-refractivity contribution in [3.8, 4) is 17.2 Å². The lowest BCUT2D eigenvalue weighted by atomic mass is 10.1. The number of benzene rings is 3. The molecule has 174 valence electrons. The standard InChI is InChI=1S/C28H33NO4/c1-2-3-4-5-9-19-31-26-17-15-23(16-18-26)28(30)29-24-11-10-14-27(22-24)33-21-20-32-25-12-7-6-8-13-25/h6-8,10-18,22H,2-5,9,19-21H2,1H3,(H,29,30). The summed E-state index contributed by atoms with van der Waals surface area (Å²) in [6.07, 6.45) is 6.02. The number of carbonyl (C=O) groups is 1. The minimum Gasteiger partial charge on any atom is -0.494 e. The Bertz CT molecular complexity index is 957. The van der Waals surface area contributed by atoms with Crippen molar-refractivity contribution in [1.29, 1.82) is 0 Å². The van der Waals surface area contributed by atoms with Gasteiger partial charge in [-0.15, -0.1) is 0 Å². The number of para-hydroxylation sites is 1. The molecule has 0 unspecified atom stereocenters. The van der Waals surface area contributed by atoms with Crippen LogP contribution in [0.2, 0.25) is 0 Å². The molecule has 0 aliphatic carbocycles. The molecule has 0 heterocycles. The molecule has 0 aromatic heterocycles. The molecule has 0 aliphatic heterocycles. The van der Waals surface area contributed by atoms with Crippen molar-refractivity contribution < 1.29 is 19.0 Å². The van der Waals surface area contributed by atoms with E-state index in [2.05, 4.69) is 12.2 Å².